The van der Waals surface area contributed by atoms with Crippen molar-refractivity contribution < 1.29 is 52.5 Å². The minimum Gasteiger partial charge on any atom is -0.488 e. The summed E-state index contributed by atoms with van der Waals surface area (Å²) in [5, 5.41) is 21.5. The van der Waals surface area contributed by atoms with Crippen LogP contribution < -0.4 is 47.7 Å². The number of rotatable bonds is 25. The fourth-order valence-electron chi connectivity index (χ4n) is 9.65. The predicted octanol–water partition coefficient (Wildman–Crippen LogP) is 8.25. The maximum atomic E-state index is 15.8. The molecular formula is C63H92N10O11. The van der Waals surface area contributed by atoms with E-state index >= 15 is 9.59 Å². The highest BCUT2D eigenvalue weighted by Gasteiger charge is 2.43. The number of carbonyl (C=O) groups excluding carboxylic acids is 7. The van der Waals surface area contributed by atoms with E-state index in [9.17, 15) is 24.0 Å². The molecular weight excluding hydrogens is 1070 g/mol. The number of benzene rings is 3. The molecule has 7 amide bonds. The largest absolute Gasteiger partial charge is 0.488 e. The van der Waals surface area contributed by atoms with Gasteiger partial charge in [-0.25, -0.2) is 14.4 Å². The number of H-pyrrole nitrogens is 1. The molecule has 1 aliphatic carbocycles. The molecule has 1 aromatic heterocycles. The van der Waals surface area contributed by atoms with Gasteiger partial charge in [0.2, 0.25) is 29.6 Å². The van der Waals surface area contributed by atoms with Gasteiger partial charge in [0.25, 0.3) is 0 Å². The minimum atomic E-state index is -1.70. The number of nitrogens with one attached hydrogen (secondary N) is 8. The molecule has 84 heavy (non-hydrogen) atoms. The number of hydrogen-bond acceptors (Lipinski definition) is 12. The summed E-state index contributed by atoms with van der Waals surface area (Å²) in [6.07, 6.45) is 3.65. The fourth-order valence-corrected chi connectivity index (χ4v) is 9.65. The van der Waals surface area contributed by atoms with Gasteiger partial charge in [0.1, 0.15) is 45.8 Å². The summed E-state index contributed by atoms with van der Waals surface area (Å²) in [5.74, 6) is -1.81. The Bertz CT molecular complexity index is 2870. The van der Waals surface area contributed by atoms with E-state index in [2.05, 4.69) is 47.2 Å². The standard InChI is InChI=1S/C63H92N10O11/c1-59(2,3)81-46-29-27-41(28-30-46)35-49(69-51(74)39-64)53(76)73-63(32-20-22-34-66-56(78)82-60(4,5)6,31-19-13-14-21-33-65-55(71-57(79)83-61(7,8)9)72-58(80)84-62(10,11)12)54(77)70-50(38-44-40-67-48-26-18-17-25-47(44)48)52(75)68-45-36-42-23-15-16-24-43(42)37-45/h15-18,23-30,40,45,49-50,67H,13-14,19-22,31-39,64H2,1-12H3,(H,66,78)(H,68,75)(H,69,74)(H,70,77)(H,73,76)(H2,65,71,72,79,80)/t49-,50-,63-/m0/s1. The van der Waals surface area contributed by atoms with Crippen molar-refractivity contribution in [2.24, 2.45) is 10.7 Å². The lowest BCUT2D eigenvalue weighted by atomic mass is 9.84. The Kier molecular flexibility index (Phi) is 24.1. The van der Waals surface area contributed by atoms with Crippen LogP contribution in [0.5, 0.6) is 5.75 Å². The van der Waals surface area contributed by atoms with Gasteiger partial charge in [-0.1, -0.05) is 73.9 Å². The average molecular weight is 1170 g/mol. The second kappa shape index (κ2) is 30.2. The van der Waals surface area contributed by atoms with Crippen molar-refractivity contribution in [2.75, 3.05) is 19.6 Å². The number of para-hydroxylation sites is 1. The molecule has 0 spiro atoms. The molecule has 4 aromatic rings. The quantitative estimate of drug-likeness (QED) is 0.0131. The number of amides is 7. The van der Waals surface area contributed by atoms with Crippen LogP contribution in [-0.4, -0.2) is 119 Å². The minimum absolute atomic E-state index is 0.0231. The third-order valence-electron chi connectivity index (χ3n) is 13.3. The zero-order chi connectivity index (χ0) is 61.9. The first kappa shape index (κ1) is 67.1. The van der Waals surface area contributed by atoms with Crippen LogP contribution in [0.3, 0.4) is 0 Å². The first-order valence-electron chi connectivity index (χ1n) is 29.2. The van der Waals surface area contributed by atoms with Crippen LogP contribution in [-0.2, 0) is 59.1 Å². The molecule has 0 fully saturated rings. The topological polar surface area (TPSA) is 295 Å². The van der Waals surface area contributed by atoms with Crippen LogP contribution in [0.25, 0.3) is 10.9 Å². The zero-order valence-corrected chi connectivity index (χ0v) is 51.4. The molecule has 460 valence electrons. The number of carbonyl (C=O) groups is 7. The highest BCUT2D eigenvalue weighted by Crippen LogP contribution is 2.28. The number of nitrogens with two attached hydrogens (primary N) is 1. The lowest BCUT2D eigenvalue weighted by molar-refractivity contribution is -0.138. The summed E-state index contributed by atoms with van der Waals surface area (Å²) in [6.45, 7) is 21.3. The van der Waals surface area contributed by atoms with Gasteiger partial charge in [-0.15, -0.1) is 4.99 Å². The Morgan fingerprint density at radius 2 is 1.18 bits per heavy atom. The summed E-state index contributed by atoms with van der Waals surface area (Å²) >= 11 is 0. The van der Waals surface area contributed by atoms with Crippen LogP contribution in [0.4, 0.5) is 14.4 Å². The summed E-state index contributed by atoms with van der Waals surface area (Å²) < 4.78 is 22.3. The maximum Gasteiger partial charge on any atom is 0.437 e. The van der Waals surface area contributed by atoms with E-state index in [1.54, 1.807) is 86.6 Å². The number of hydrogen-bond donors (Lipinski definition) is 9. The molecule has 10 N–H and O–H groups in total. The first-order valence-corrected chi connectivity index (χ1v) is 29.2. The van der Waals surface area contributed by atoms with Crippen molar-refractivity contribution in [3.05, 3.63) is 101 Å². The van der Waals surface area contributed by atoms with Crippen molar-refractivity contribution in [3.8, 4) is 5.75 Å². The molecule has 0 unspecified atom stereocenters. The average Bonchev–Trinajstić information content (AvgIpc) is 3.73. The van der Waals surface area contributed by atoms with Gasteiger partial charge in [-0.05, 0) is 168 Å². The Balaban J connectivity index is 1.49. The van der Waals surface area contributed by atoms with Crippen LogP contribution in [0, 0.1) is 0 Å². The van der Waals surface area contributed by atoms with E-state index in [-0.39, 0.29) is 50.8 Å². The molecule has 5 rings (SSSR count). The van der Waals surface area contributed by atoms with Crippen LogP contribution in [0.1, 0.15) is 157 Å². The highest BCUT2D eigenvalue weighted by atomic mass is 16.6. The molecule has 0 aliphatic heterocycles. The number of aromatic amines is 1. The third-order valence-corrected chi connectivity index (χ3v) is 13.3. The van der Waals surface area contributed by atoms with Crippen LogP contribution in [0.15, 0.2) is 84.0 Å². The Morgan fingerprint density at radius 3 is 1.80 bits per heavy atom. The normalized spacial score (nSPS) is 14.4. The van der Waals surface area contributed by atoms with E-state index < -0.39 is 88.5 Å². The van der Waals surface area contributed by atoms with Crippen molar-refractivity contribution in [1.82, 2.24) is 42.2 Å². The number of unbranched alkanes of at least 4 members (excludes halogenated alkanes) is 4. The number of fused-ring (bicyclic) bond motifs is 2. The van der Waals surface area contributed by atoms with E-state index in [1.165, 1.54) is 0 Å². The Hall–Kier alpha value is -7.68. The first-order chi connectivity index (χ1) is 39.4. The highest BCUT2D eigenvalue weighted by molar-refractivity contribution is 5.99. The van der Waals surface area contributed by atoms with Gasteiger partial charge >= 0.3 is 18.3 Å². The van der Waals surface area contributed by atoms with Crippen LogP contribution in [0.2, 0.25) is 0 Å². The van der Waals surface area contributed by atoms with Crippen molar-refractivity contribution in [2.45, 2.75) is 206 Å². The predicted molar refractivity (Wildman–Crippen MR) is 324 cm³/mol. The van der Waals surface area contributed by atoms with E-state index in [0.717, 1.165) is 27.6 Å². The van der Waals surface area contributed by atoms with Gasteiger partial charge in [0.15, 0.2) is 0 Å². The Labute approximate surface area is 495 Å². The second-order valence-electron chi connectivity index (χ2n) is 25.5. The zero-order valence-electron chi connectivity index (χ0n) is 51.4. The lowest BCUT2D eigenvalue weighted by Gasteiger charge is -2.37. The number of guanidine groups is 1. The fraction of sp³-hybridized carbons (Fsp3) is 0.556. The molecule has 0 saturated heterocycles. The summed E-state index contributed by atoms with van der Waals surface area (Å²) in [7, 11) is 0. The SMILES string of the molecule is CC(C)(C)OC(=O)N=C(NCCCCCC[C@@](CCCCNC(=O)OC(C)(C)C)(NC(=O)[C@H](Cc1ccc(OC(C)(C)C)cc1)NC(=O)CN)C(=O)N[C@@H](Cc1c[nH]c2ccccc12)C(=O)NC1Cc2ccccc2C1)NC(=O)OC(C)(C)C. The van der Waals surface area contributed by atoms with Crippen molar-refractivity contribution in [1.29, 1.82) is 0 Å². The van der Waals surface area contributed by atoms with Crippen molar-refractivity contribution >= 4 is 58.8 Å². The molecule has 21 heteroatoms. The second-order valence-corrected chi connectivity index (χ2v) is 25.5. The number of aromatic nitrogens is 1. The van der Waals surface area contributed by atoms with Gasteiger partial charge in [0, 0.05) is 49.1 Å². The van der Waals surface area contributed by atoms with Gasteiger partial charge < -0.3 is 61.6 Å². The molecule has 1 aliphatic rings. The summed E-state index contributed by atoms with van der Waals surface area (Å²) in [4.78, 5) is 105. The monoisotopic (exact) mass is 1160 g/mol. The van der Waals surface area contributed by atoms with Gasteiger partial charge in [0.05, 0.1) is 6.54 Å². The van der Waals surface area contributed by atoms with E-state index in [0.29, 0.717) is 62.7 Å². The smallest absolute Gasteiger partial charge is 0.437 e. The molecule has 21 nitrogen and oxygen atoms in total. The van der Waals surface area contributed by atoms with E-state index in [1.807, 2.05) is 75.5 Å². The van der Waals surface area contributed by atoms with E-state index in [4.69, 9.17) is 24.7 Å². The number of ether oxygens (including phenoxy) is 4. The van der Waals surface area contributed by atoms with Crippen molar-refractivity contribution in [3.63, 3.8) is 0 Å². The maximum absolute atomic E-state index is 15.8. The molecule has 0 saturated carbocycles. The molecule has 0 bridgehead atoms. The molecule has 1 heterocycles. The van der Waals surface area contributed by atoms with Gasteiger partial charge in [-0.3, -0.25) is 24.5 Å². The van der Waals surface area contributed by atoms with Crippen LogP contribution >= 0.6 is 0 Å². The molecule has 3 atom stereocenters. The Morgan fingerprint density at radius 1 is 0.619 bits per heavy atom. The number of alkyl carbamates (subject to hydrolysis) is 2. The number of nitrogens with zero attached hydrogens (tertiary/aromatic N) is 1. The summed E-state index contributed by atoms with van der Waals surface area (Å²) in [5.41, 5.74) is 5.86. The van der Waals surface area contributed by atoms with Gasteiger partial charge in [-0.2, -0.15) is 0 Å². The molecule has 0 radical (unpaired) electrons. The number of aliphatic imine (C=N–C) groups is 1. The lowest BCUT2D eigenvalue weighted by Crippen LogP contribution is -2.65. The molecule has 3 aromatic carbocycles. The summed E-state index contributed by atoms with van der Waals surface area (Å²) in [6, 6.07) is 20.3. The third kappa shape index (κ3) is 23.5.